The van der Waals surface area contributed by atoms with Crippen molar-refractivity contribution in [3.05, 3.63) is 30.4 Å². The van der Waals surface area contributed by atoms with Crippen LogP contribution in [-0.4, -0.2) is 19.9 Å². The number of hydrogen-bond acceptors (Lipinski definition) is 4. The Morgan fingerprint density at radius 2 is 2.10 bits per heavy atom. The van der Waals surface area contributed by atoms with Crippen LogP contribution in [0.1, 0.15) is 25.8 Å². The van der Waals surface area contributed by atoms with E-state index in [0.29, 0.717) is 12.5 Å². The van der Waals surface area contributed by atoms with Gasteiger partial charge in [-0.25, -0.2) is 0 Å². The number of benzene rings is 1. The molecule has 0 aromatic heterocycles. The van der Waals surface area contributed by atoms with Crippen molar-refractivity contribution in [2.24, 2.45) is 5.92 Å². The van der Waals surface area contributed by atoms with Gasteiger partial charge in [0.05, 0.1) is 6.61 Å². The first kappa shape index (κ1) is 14.7. The van der Waals surface area contributed by atoms with Crippen LogP contribution in [-0.2, 0) is 6.54 Å². The first-order valence-electron chi connectivity index (χ1n) is 7.07. The van der Waals surface area contributed by atoms with Gasteiger partial charge in [-0.3, -0.25) is 0 Å². The lowest BCUT2D eigenvalue weighted by Gasteiger charge is -2.14. The van der Waals surface area contributed by atoms with E-state index in [1.165, 1.54) is 0 Å². The Bertz CT molecular complexity index is 457. The van der Waals surface area contributed by atoms with E-state index in [9.17, 15) is 0 Å². The Kier molecular flexibility index (Phi) is 5.30. The van der Waals surface area contributed by atoms with Crippen molar-refractivity contribution >= 4 is 0 Å². The molecule has 1 aromatic rings. The van der Waals surface area contributed by atoms with Crippen molar-refractivity contribution in [2.45, 2.75) is 26.8 Å². The zero-order valence-corrected chi connectivity index (χ0v) is 12.3. The third-order valence-electron chi connectivity index (χ3n) is 3.00. The molecule has 4 heteroatoms. The third kappa shape index (κ3) is 3.90. The number of rotatable bonds is 8. The molecule has 110 valence electrons. The molecule has 2 rings (SSSR count). The summed E-state index contributed by atoms with van der Waals surface area (Å²) in [6.07, 6.45) is 2.68. The fourth-order valence-corrected chi connectivity index (χ4v) is 1.99. The summed E-state index contributed by atoms with van der Waals surface area (Å²) in [5.74, 6) is 3.02. The van der Waals surface area contributed by atoms with Gasteiger partial charge >= 0.3 is 0 Å². The maximum atomic E-state index is 5.81. The van der Waals surface area contributed by atoms with Crippen LogP contribution in [0.2, 0.25) is 0 Å². The highest BCUT2D eigenvalue weighted by Crippen LogP contribution is 2.38. The second-order valence-electron chi connectivity index (χ2n) is 5.26. The van der Waals surface area contributed by atoms with Crippen molar-refractivity contribution in [1.82, 2.24) is 5.32 Å². The summed E-state index contributed by atoms with van der Waals surface area (Å²) in [4.78, 5) is 0. The molecule has 1 N–H and O–H groups in total. The molecule has 4 nitrogen and oxygen atoms in total. The van der Waals surface area contributed by atoms with E-state index in [4.69, 9.17) is 14.2 Å². The molecule has 1 heterocycles. The van der Waals surface area contributed by atoms with Gasteiger partial charge in [-0.1, -0.05) is 19.9 Å². The van der Waals surface area contributed by atoms with Gasteiger partial charge < -0.3 is 19.5 Å². The van der Waals surface area contributed by atoms with E-state index in [2.05, 4.69) is 25.7 Å². The lowest BCUT2D eigenvalue weighted by molar-refractivity contribution is 0.173. The Balaban J connectivity index is 2.07. The van der Waals surface area contributed by atoms with Crippen LogP contribution >= 0.6 is 0 Å². The average molecular weight is 277 g/mol. The Morgan fingerprint density at radius 1 is 1.35 bits per heavy atom. The lowest BCUT2D eigenvalue weighted by Crippen LogP contribution is -2.19. The van der Waals surface area contributed by atoms with Crippen molar-refractivity contribution in [3.63, 3.8) is 0 Å². The van der Waals surface area contributed by atoms with Crippen LogP contribution in [0.15, 0.2) is 24.8 Å². The number of hydrogen-bond donors (Lipinski definition) is 1. The summed E-state index contributed by atoms with van der Waals surface area (Å²) in [5, 5.41) is 3.43. The average Bonchev–Trinajstić information content (AvgIpc) is 2.85. The molecule has 0 saturated heterocycles. The molecule has 1 aliphatic heterocycles. The fourth-order valence-electron chi connectivity index (χ4n) is 1.99. The summed E-state index contributed by atoms with van der Waals surface area (Å²) in [7, 11) is 0. The molecule has 1 aromatic carbocycles. The van der Waals surface area contributed by atoms with Gasteiger partial charge in [-0.05, 0) is 24.9 Å². The summed E-state index contributed by atoms with van der Waals surface area (Å²) in [6.45, 7) is 10.7. The zero-order valence-electron chi connectivity index (χ0n) is 12.3. The van der Waals surface area contributed by atoms with E-state index in [-0.39, 0.29) is 6.79 Å². The van der Waals surface area contributed by atoms with E-state index < -0.39 is 0 Å². The van der Waals surface area contributed by atoms with Crippen LogP contribution in [0.4, 0.5) is 0 Å². The Hall–Kier alpha value is -1.68. The van der Waals surface area contributed by atoms with Crippen LogP contribution in [0.25, 0.3) is 0 Å². The number of nitrogens with one attached hydrogen (secondary N) is 1. The van der Waals surface area contributed by atoms with Crippen molar-refractivity contribution in [3.8, 4) is 17.2 Å². The SMILES string of the molecule is C=CCCOc1cc2c(cc1CNCC(C)C)OCO2. The molecule has 0 saturated carbocycles. The lowest BCUT2D eigenvalue weighted by atomic mass is 10.1. The third-order valence-corrected chi connectivity index (χ3v) is 3.00. The molecule has 0 amide bonds. The molecule has 0 unspecified atom stereocenters. The van der Waals surface area contributed by atoms with Crippen LogP contribution in [0.5, 0.6) is 17.2 Å². The van der Waals surface area contributed by atoms with Crippen molar-refractivity contribution < 1.29 is 14.2 Å². The molecule has 0 fully saturated rings. The van der Waals surface area contributed by atoms with Crippen molar-refractivity contribution in [2.75, 3.05) is 19.9 Å². The predicted molar refractivity (Wildman–Crippen MR) is 79.4 cm³/mol. The van der Waals surface area contributed by atoms with E-state index >= 15 is 0 Å². The maximum Gasteiger partial charge on any atom is 0.231 e. The van der Waals surface area contributed by atoms with Crippen LogP contribution in [0.3, 0.4) is 0 Å². The second-order valence-corrected chi connectivity index (χ2v) is 5.26. The minimum Gasteiger partial charge on any atom is -0.493 e. The normalized spacial score (nSPS) is 12.8. The molecule has 0 aliphatic carbocycles. The molecule has 0 spiro atoms. The summed E-state index contributed by atoms with van der Waals surface area (Å²) in [5.41, 5.74) is 1.10. The molecule has 0 radical (unpaired) electrons. The molecule has 0 bridgehead atoms. The quantitative estimate of drug-likeness (QED) is 0.585. The highest BCUT2D eigenvalue weighted by atomic mass is 16.7. The highest BCUT2D eigenvalue weighted by Gasteiger charge is 2.17. The standard InChI is InChI=1S/C16H23NO3/c1-4-5-6-18-14-8-16-15(19-11-20-16)7-13(14)10-17-9-12(2)3/h4,7-8,12,17H,1,5-6,9-11H2,2-3H3. The van der Waals surface area contributed by atoms with E-state index in [0.717, 1.165) is 42.3 Å². The van der Waals surface area contributed by atoms with Gasteiger partial charge in [0.25, 0.3) is 0 Å². The molecular weight excluding hydrogens is 254 g/mol. The molecular formula is C16H23NO3. The van der Waals surface area contributed by atoms with Gasteiger partial charge in [0.15, 0.2) is 11.5 Å². The second kappa shape index (κ2) is 7.20. The smallest absolute Gasteiger partial charge is 0.231 e. The molecule has 0 atom stereocenters. The highest BCUT2D eigenvalue weighted by molar-refractivity contribution is 5.51. The molecule has 1 aliphatic rings. The topological polar surface area (TPSA) is 39.7 Å². The van der Waals surface area contributed by atoms with E-state index in [1.807, 2.05) is 18.2 Å². The zero-order chi connectivity index (χ0) is 14.4. The van der Waals surface area contributed by atoms with Gasteiger partial charge in [0.1, 0.15) is 5.75 Å². The van der Waals surface area contributed by atoms with Gasteiger partial charge in [-0.2, -0.15) is 0 Å². The van der Waals surface area contributed by atoms with Gasteiger partial charge in [0, 0.05) is 18.2 Å². The summed E-state index contributed by atoms with van der Waals surface area (Å²) < 4.78 is 16.6. The first-order valence-corrected chi connectivity index (χ1v) is 7.07. The van der Waals surface area contributed by atoms with Gasteiger partial charge in [0.2, 0.25) is 6.79 Å². The fraction of sp³-hybridized carbons (Fsp3) is 0.500. The van der Waals surface area contributed by atoms with Gasteiger partial charge in [-0.15, -0.1) is 6.58 Å². The van der Waals surface area contributed by atoms with Crippen LogP contribution in [0, 0.1) is 5.92 Å². The number of fused-ring (bicyclic) bond motifs is 1. The minimum absolute atomic E-state index is 0.282. The Labute approximate surface area is 120 Å². The monoisotopic (exact) mass is 277 g/mol. The molecule has 20 heavy (non-hydrogen) atoms. The predicted octanol–water partition coefficient (Wildman–Crippen LogP) is 3.12. The minimum atomic E-state index is 0.282. The number of ether oxygens (including phenoxy) is 3. The maximum absolute atomic E-state index is 5.81. The largest absolute Gasteiger partial charge is 0.493 e. The van der Waals surface area contributed by atoms with Crippen LogP contribution < -0.4 is 19.5 Å². The Morgan fingerprint density at radius 3 is 2.80 bits per heavy atom. The summed E-state index contributed by atoms with van der Waals surface area (Å²) >= 11 is 0. The summed E-state index contributed by atoms with van der Waals surface area (Å²) in [6, 6.07) is 3.91. The first-order chi connectivity index (χ1) is 9.70. The van der Waals surface area contributed by atoms with E-state index in [1.54, 1.807) is 0 Å². The van der Waals surface area contributed by atoms with Crippen molar-refractivity contribution in [1.29, 1.82) is 0 Å².